The average molecular weight is 412 g/mol. The molecule has 150 valence electrons. The highest BCUT2D eigenvalue weighted by Crippen LogP contribution is 2.18. The Kier molecular flexibility index (Phi) is 7.02. The van der Waals surface area contributed by atoms with Crippen molar-refractivity contribution in [3.05, 3.63) is 77.9 Å². The lowest BCUT2D eigenvalue weighted by Crippen LogP contribution is -2.35. The lowest BCUT2D eigenvalue weighted by molar-refractivity contribution is -0.120. The molecule has 0 aliphatic heterocycles. The van der Waals surface area contributed by atoms with Gasteiger partial charge in [-0.2, -0.15) is 0 Å². The molecule has 0 aliphatic carbocycles. The lowest BCUT2D eigenvalue weighted by atomic mass is 10.1. The SMILES string of the molecule is CSc1nccn1-c1cccc(C(=O)NCCNC(=O)Cc2ccc(F)cc2)c1. The molecule has 0 bridgehead atoms. The molecule has 0 saturated carbocycles. The Bertz CT molecular complexity index is 988. The first kappa shape index (κ1) is 20.6. The molecule has 3 aromatic rings. The number of hydrogen-bond donors (Lipinski definition) is 2. The molecule has 1 aromatic heterocycles. The molecule has 0 atom stereocenters. The van der Waals surface area contributed by atoms with Crippen molar-refractivity contribution in [3.63, 3.8) is 0 Å². The molecule has 3 rings (SSSR count). The minimum absolute atomic E-state index is 0.166. The van der Waals surface area contributed by atoms with E-state index in [2.05, 4.69) is 15.6 Å². The van der Waals surface area contributed by atoms with Crippen LogP contribution in [0, 0.1) is 5.82 Å². The van der Waals surface area contributed by atoms with E-state index in [1.165, 1.54) is 23.9 Å². The maximum atomic E-state index is 12.9. The number of carbonyl (C=O) groups is 2. The first-order valence-electron chi connectivity index (χ1n) is 9.04. The van der Waals surface area contributed by atoms with E-state index in [-0.39, 0.29) is 24.1 Å². The molecule has 2 amide bonds. The highest BCUT2D eigenvalue weighted by molar-refractivity contribution is 7.98. The summed E-state index contributed by atoms with van der Waals surface area (Å²) in [5, 5.41) is 6.37. The summed E-state index contributed by atoms with van der Waals surface area (Å²) in [7, 11) is 0. The van der Waals surface area contributed by atoms with E-state index in [9.17, 15) is 14.0 Å². The second kappa shape index (κ2) is 9.88. The molecular formula is C21H21FN4O2S. The van der Waals surface area contributed by atoms with Crippen LogP contribution in [0.1, 0.15) is 15.9 Å². The van der Waals surface area contributed by atoms with Gasteiger partial charge in [0.15, 0.2) is 5.16 Å². The fourth-order valence-electron chi connectivity index (χ4n) is 2.76. The standard InChI is InChI=1S/C21H21FN4O2S/c1-29-21-25-11-12-26(21)18-4-2-3-16(14-18)20(28)24-10-9-23-19(27)13-15-5-7-17(22)8-6-15/h2-8,11-12,14H,9-10,13H2,1H3,(H,23,27)(H,24,28). The van der Waals surface area contributed by atoms with Crippen LogP contribution >= 0.6 is 11.8 Å². The van der Waals surface area contributed by atoms with Gasteiger partial charge in [-0.1, -0.05) is 30.0 Å². The topological polar surface area (TPSA) is 76.0 Å². The Morgan fingerprint density at radius 1 is 1.10 bits per heavy atom. The molecule has 0 saturated heterocycles. The van der Waals surface area contributed by atoms with E-state index in [1.807, 2.05) is 29.2 Å². The largest absolute Gasteiger partial charge is 0.354 e. The number of nitrogens with zero attached hydrogens (tertiary/aromatic N) is 2. The summed E-state index contributed by atoms with van der Waals surface area (Å²) in [5.41, 5.74) is 2.11. The van der Waals surface area contributed by atoms with Crippen LogP contribution in [0.3, 0.4) is 0 Å². The van der Waals surface area contributed by atoms with Crippen LogP contribution < -0.4 is 10.6 Å². The number of hydrogen-bond acceptors (Lipinski definition) is 4. The fourth-order valence-corrected chi connectivity index (χ4v) is 3.29. The monoisotopic (exact) mass is 412 g/mol. The number of rotatable bonds is 8. The van der Waals surface area contributed by atoms with Crippen molar-refractivity contribution in [2.75, 3.05) is 19.3 Å². The Morgan fingerprint density at radius 2 is 1.86 bits per heavy atom. The number of imidazole rings is 1. The summed E-state index contributed by atoms with van der Waals surface area (Å²) in [6.45, 7) is 0.614. The first-order valence-corrected chi connectivity index (χ1v) is 10.3. The second-order valence-corrected chi connectivity index (χ2v) is 7.02. The molecule has 0 aliphatic rings. The number of benzene rings is 2. The molecule has 0 radical (unpaired) electrons. The predicted octanol–water partition coefficient (Wildman–Crippen LogP) is 2.82. The maximum Gasteiger partial charge on any atom is 0.251 e. The van der Waals surface area contributed by atoms with Gasteiger partial charge in [0.25, 0.3) is 5.91 Å². The Balaban J connectivity index is 1.48. The molecule has 8 heteroatoms. The van der Waals surface area contributed by atoms with Crippen molar-refractivity contribution in [1.82, 2.24) is 20.2 Å². The molecule has 2 aromatic carbocycles. The van der Waals surface area contributed by atoms with Gasteiger partial charge in [0.2, 0.25) is 5.91 Å². The van der Waals surface area contributed by atoms with Crippen LogP contribution in [-0.4, -0.2) is 40.7 Å². The second-order valence-electron chi connectivity index (χ2n) is 6.24. The number of halogens is 1. The third kappa shape index (κ3) is 5.68. The molecular weight excluding hydrogens is 391 g/mol. The van der Waals surface area contributed by atoms with Gasteiger partial charge in [0.05, 0.1) is 6.42 Å². The number of aromatic nitrogens is 2. The highest BCUT2D eigenvalue weighted by atomic mass is 32.2. The van der Waals surface area contributed by atoms with Crippen LogP contribution in [0.5, 0.6) is 0 Å². The van der Waals surface area contributed by atoms with Crippen molar-refractivity contribution >= 4 is 23.6 Å². The Morgan fingerprint density at radius 3 is 2.62 bits per heavy atom. The summed E-state index contributed by atoms with van der Waals surface area (Å²) in [6.07, 6.45) is 5.67. The zero-order chi connectivity index (χ0) is 20.6. The molecule has 1 heterocycles. The zero-order valence-corrected chi connectivity index (χ0v) is 16.7. The smallest absolute Gasteiger partial charge is 0.251 e. The first-order chi connectivity index (χ1) is 14.1. The van der Waals surface area contributed by atoms with Crippen LogP contribution in [0.2, 0.25) is 0 Å². The van der Waals surface area contributed by atoms with Gasteiger partial charge in [0, 0.05) is 36.7 Å². The van der Waals surface area contributed by atoms with Crippen molar-refractivity contribution in [2.24, 2.45) is 0 Å². The van der Waals surface area contributed by atoms with E-state index >= 15 is 0 Å². The molecule has 29 heavy (non-hydrogen) atoms. The van der Waals surface area contributed by atoms with Crippen LogP contribution in [0.15, 0.2) is 66.1 Å². The number of nitrogens with one attached hydrogen (secondary N) is 2. The lowest BCUT2D eigenvalue weighted by Gasteiger charge is -2.10. The summed E-state index contributed by atoms with van der Waals surface area (Å²) in [5.74, 6) is -0.735. The molecule has 2 N–H and O–H groups in total. The predicted molar refractivity (Wildman–Crippen MR) is 111 cm³/mol. The zero-order valence-electron chi connectivity index (χ0n) is 15.9. The third-order valence-corrected chi connectivity index (χ3v) is 4.85. The van der Waals surface area contributed by atoms with Gasteiger partial charge < -0.3 is 10.6 Å². The number of thioether (sulfide) groups is 1. The molecule has 6 nitrogen and oxygen atoms in total. The average Bonchev–Trinajstić information content (AvgIpc) is 3.22. The van der Waals surface area contributed by atoms with E-state index in [1.54, 1.807) is 30.5 Å². The Labute approximate surface area is 172 Å². The van der Waals surface area contributed by atoms with Crippen LogP contribution in [0.4, 0.5) is 4.39 Å². The van der Waals surface area contributed by atoms with E-state index < -0.39 is 0 Å². The molecule has 0 unspecified atom stereocenters. The van der Waals surface area contributed by atoms with E-state index in [0.717, 1.165) is 16.4 Å². The Hall–Kier alpha value is -3.13. The quantitative estimate of drug-likeness (QED) is 0.441. The summed E-state index contributed by atoms with van der Waals surface area (Å²) < 4.78 is 14.8. The van der Waals surface area contributed by atoms with Gasteiger partial charge in [-0.15, -0.1) is 0 Å². The van der Waals surface area contributed by atoms with E-state index in [0.29, 0.717) is 18.7 Å². The summed E-state index contributed by atoms with van der Waals surface area (Å²) >= 11 is 1.52. The van der Waals surface area contributed by atoms with Crippen molar-refractivity contribution in [1.29, 1.82) is 0 Å². The van der Waals surface area contributed by atoms with Gasteiger partial charge in [0.1, 0.15) is 5.82 Å². The summed E-state index contributed by atoms with van der Waals surface area (Å²) in [4.78, 5) is 28.6. The van der Waals surface area contributed by atoms with Gasteiger partial charge >= 0.3 is 0 Å². The maximum absolute atomic E-state index is 12.9. The number of amides is 2. The number of carbonyl (C=O) groups excluding carboxylic acids is 2. The minimum Gasteiger partial charge on any atom is -0.354 e. The van der Waals surface area contributed by atoms with Gasteiger partial charge in [-0.25, -0.2) is 9.37 Å². The normalized spacial score (nSPS) is 10.6. The van der Waals surface area contributed by atoms with Crippen molar-refractivity contribution < 1.29 is 14.0 Å². The third-order valence-electron chi connectivity index (χ3n) is 4.19. The fraction of sp³-hybridized carbons (Fsp3) is 0.190. The van der Waals surface area contributed by atoms with Crippen LogP contribution in [-0.2, 0) is 11.2 Å². The van der Waals surface area contributed by atoms with Crippen LogP contribution in [0.25, 0.3) is 5.69 Å². The van der Waals surface area contributed by atoms with Gasteiger partial charge in [-0.05, 0) is 42.2 Å². The summed E-state index contributed by atoms with van der Waals surface area (Å²) in [6, 6.07) is 13.1. The van der Waals surface area contributed by atoms with Crippen molar-refractivity contribution in [2.45, 2.75) is 11.6 Å². The van der Waals surface area contributed by atoms with Gasteiger partial charge in [-0.3, -0.25) is 14.2 Å². The van der Waals surface area contributed by atoms with Crippen molar-refractivity contribution in [3.8, 4) is 5.69 Å². The molecule has 0 spiro atoms. The highest BCUT2D eigenvalue weighted by Gasteiger charge is 2.09. The van der Waals surface area contributed by atoms with E-state index in [4.69, 9.17) is 0 Å². The minimum atomic E-state index is -0.335. The molecule has 0 fully saturated rings.